The summed E-state index contributed by atoms with van der Waals surface area (Å²) in [5, 5.41) is 4.10. The van der Waals surface area contributed by atoms with Gasteiger partial charge in [0.1, 0.15) is 0 Å². The predicted octanol–water partition coefficient (Wildman–Crippen LogP) is 3.50. The van der Waals surface area contributed by atoms with E-state index in [9.17, 15) is 0 Å². The fraction of sp³-hybridized carbons (Fsp3) is 0.467. The van der Waals surface area contributed by atoms with Crippen LogP contribution in [0.3, 0.4) is 0 Å². The maximum Gasteiger partial charge on any atom is 0.236 e. The molecule has 0 bridgehead atoms. The summed E-state index contributed by atoms with van der Waals surface area (Å²) in [5.41, 5.74) is 6.66. The van der Waals surface area contributed by atoms with E-state index in [0.29, 0.717) is 11.7 Å². The van der Waals surface area contributed by atoms with E-state index in [1.165, 1.54) is 0 Å². The summed E-state index contributed by atoms with van der Waals surface area (Å²) < 4.78 is 6.53. The minimum Gasteiger partial charge on any atom is -0.338 e. The summed E-state index contributed by atoms with van der Waals surface area (Å²) in [5.74, 6) is 1.25. The highest BCUT2D eigenvalue weighted by Crippen LogP contribution is 2.39. The molecule has 0 amide bonds. The molecule has 0 atom stereocenters. The molecule has 1 aliphatic carbocycles. The van der Waals surface area contributed by atoms with Crippen LogP contribution in [0.2, 0.25) is 0 Å². The lowest BCUT2D eigenvalue weighted by Gasteiger charge is -2.34. The first-order valence-electron chi connectivity index (χ1n) is 6.81. The molecule has 1 aromatic heterocycles. The molecule has 1 saturated carbocycles. The van der Waals surface area contributed by atoms with Crippen LogP contribution in [0.1, 0.15) is 50.4 Å². The third kappa shape index (κ3) is 2.19. The first kappa shape index (κ1) is 13.8. The molecule has 0 aliphatic heterocycles. The van der Waals surface area contributed by atoms with Gasteiger partial charge in [0.15, 0.2) is 5.82 Å². The largest absolute Gasteiger partial charge is 0.338 e. The van der Waals surface area contributed by atoms with E-state index in [0.717, 1.165) is 29.3 Å². The van der Waals surface area contributed by atoms with Crippen LogP contribution in [0.15, 0.2) is 33.3 Å². The summed E-state index contributed by atoms with van der Waals surface area (Å²) in [7, 11) is 0. The predicted molar refractivity (Wildman–Crippen MR) is 80.3 cm³/mol. The third-order valence-corrected chi connectivity index (χ3v) is 4.69. The highest BCUT2D eigenvalue weighted by Gasteiger charge is 2.40. The normalized spacial score (nSPS) is 17.8. The molecule has 0 saturated heterocycles. The summed E-state index contributed by atoms with van der Waals surface area (Å²) in [6, 6.07) is 8.15. The number of aromatic nitrogens is 2. The van der Waals surface area contributed by atoms with E-state index in [-0.39, 0.29) is 11.0 Å². The van der Waals surface area contributed by atoms with Crippen LogP contribution in [0, 0.1) is 0 Å². The van der Waals surface area contributed by atoms with Crippen LogP contribution in [-0.2, 0) is 11.0 Å². The highest BCUT2D eigenvalue weighted by molar-refractivity contribution is 9.10. The van der Waals surface area contributed by atoms with E-state index in [1.54, 1.807) is 0 Å². The van der Waals surface area contributed by atoms with Crippen molar-refractivity contribution in [3.8, 4) is 0 Å². The van der Waals surface area contributed by atoms with E-state index < -0.39 is 0 Å². The second kappa shape index (κ2) is 4.67. The Bertz CT molecular complexity index is 632. The zero-order chi connectivity index (χ0) is 14.4. The summed E-state index contributed by atoms with van der Waals surface area (Å²) in [6.45, 7) is 4.16. The molecule has 20 heavy (non-hydrogen) atoms. The number of halogens is 1. The monoisotopic (exact) mass is 335 g/mol. The van der Waals surface area contributed by atoms with Crippen molar-refractivity contribution in [1.82, 2.24) is 10.1 Å². The van der Waals surface area contributed by atoms with Crippen molar-refractivity contribution in [1.29, 1.82) is 0 Å². The molecule has 2 aromatic rings. The number of nitrogens with two attached hydrogens (primary N) is 1. The molecule has 0 radical (unpaired) electrons. The first-order valence-corrected chi connectivity index (χ1v) is 7.61. The summed E-state index contributed by atoms with van der Waals surface area (Å²) in [4.78, 5) is 4.56. The van der Waals surface area contributed by atoms with Gasteiger partial charge >= 0.3 is 0 Å². The Balaban J connectivity index is 1.95. The fourth-order valence-electron chi connectivity index (χ4n) is 2.46. The van der Waals surface area contributed by atoms with Crippen LogP contribution < -0.4 is 5.73 Å². The van der Waals surface area contributed by atoms with E-state index >= 15 is 0 Å². The summed E-state index contributed by atoms with van der Waals surface area (Å²) >= 11 is 3.50. The van der Waals surface area contributed by atoms with Crippen molar-refractivity contribution < 1.29 is 4.52 Å². The average Bonchev–Trinajstić information content (AvgIpc) is 2.86. The van der Waals surface area contributed by atoms with Crippen molar-refractivity contribution in [3.63, 3.8) is 0 Å². The summed E-state index contributed by atoms with van der Waals surface area (Å²) in [6.07, 6.45) is 3.00. The van der Waals surface area contributed by atoms with Crippen molar-refractivity contribution >= 4 is 15.9 Å². The molecular weight excluding hydrogens is 318 g/mol. The first-order chi connectivity index (χ1) is 9.42. The zero-order valence-electron chi connectivity index (χ0n) is 11.7. The Labute approximate surface area is 126 Å². The molecule has 106 valence electrons. The van der Waals surface area contributed by atoms with Crippen LogP contribution in [0.4, 0.5) is 0 Å². The van der Waals surface area contributed by atoms with E-state index in [2.05, 4.69) is 52.1 Å². The minimum absolute atomic E-state index is 0.338. The minimum atomic E-state index is -0.380. The Morgan fingerprint density at radius 2 is 2.10 bits per heavy atom. The molecule has 2 N–H and O–H groups in total. The van der Waals surface area contributed by atoms with Crippen LogP contribution in [0.25, 0.3) is 0 Å². The molecule has 0 unspecified atom stereocenters. The number of hydrogen-bond acceptors (Lipinski definition) is 4. The topological polar surface area (TPSA) is 64.9 Å². The number of rotatable bonds is 3. The maximum atomic E-state index is 6.25. The molecule has 4 nitrogen and oxygen atoms in total. The lowest BCUT2D eigenvalue weighted by atomic mass is 9.77. The molecule has 3 rings (SSSR count). The zero-order valence-corrected chi connectivity index (χ0v) is 13.3. The van der Waals surface area contributed by atoms with Crippen molar-refractivity contribution in [2.75, 3.05) is 0 Å². The lowest BCUT2D eigenvalue weighted by Crippen LogP contribution is -2.44. The van der Waals surface area contributed by atoms with Gasteiger partial charge in [0.25, 0.3) is 0 Å². The highest BCUT2D eigenvalue weighted by atomic mass is 79.9. The van der Waals surface area contributed by atoms with Crippen molar-refractivity contribution in [3.05, 3.63) is 46.0 Å². The molecular formula is C15H18BrN3O. The van der Waals surface area contributed by atoms with E-state index in [4.69, 9.17) is 10.3 Å². The van der Waals surface area contributed by atoms with E-state index in [1.807, 2.05) is 12.1 Å². The standard InChI is InChI=1S/C15H18BrN3O/c1-14(2,10-5-3-6-11(16)9-10)13-18-12(19-20-13)15(17)7-4-8-15/h3,5-6,9H,4,7-8,17H2,1-2H3. The second-order valence-electron chi connectivity index (χ2n) is 6.07. The molecule has 1 aliphatic rings. The molecule has 0 spiro atoms. The molecule has 1 heterocycles. The number of benzene rings is 1. The SMILES string of the molecule is CC(C)(c1cccc(Br)c1)c1nc(C2(N)CCC2)no1. The van der Waals surface area contributed by atoms with Crippen molar-refractivity contribution in [2.45, 2.75) is 44.1 Å². The lowest BCUT2D eigenvalue weighted by molar-refractivity contribution is 0.228. The van der Waals surface area contributed by atoms with Crippen molar-refractivity contribution in [2.24, 2.45) is 5.73 Å². The van der Waals surface area contributed by atoms with Gasteiger partial charge in [0.2, 0.25) is 5.89 Å². The van der Waals surface area contributed by atoms with Crippen LogP contribution in [-0.4, -0.2) is 10.1 Å². The van der Waals surface area contributed by atoms with Gasteiger partial charge < -0.3 is 10.3 Å². The van der Waals surface area contributed by atoms with Crippen LogP contribution >= 0.6 is 15.9 Å². The molecule has 1 fully saturated rings. The third-order valence-electron chi connectivity index (χ3n) is 4.20. The Hall–Kier alpha value is -1.20. The number of nitrogens with zero attached hydrogens (tertiary/aromatic N) is 2. The van der Waals surface area contributed by atoms with Gasteiger partial charge in [-0.05, 0) is 50.8 Å². The van der Waals surface area contributed by atoms with Gasteiger partial charge in [-0.3, -0.25) is 0 Å². The van der Waals surface area contributed by atoms with Gasteiger partial charge in [-0.25, -0.2) is 0 Å². The Morgan fingerprint density at radius 1 is 1.35 bits per heavy atom. The number of hydrogen-bond donors (Lipinski definition) is 1. The maximum absolute atomic E-state index is 6.25. The average molecular weight is 336 g/mol. The quantitative estimate of drug-likeness (QED) is 0.932. The van der Waals surface area contributed by atoms with Gasteiger partial charge in [0.05, 0.1) is 11.0 Å². The van der Waals surface area contributed by atoms with Gasteiger partial charge in [0, 0.05) is 4.47 Å². The smallest absolute Gasteiger partial charge is 0.236 e. The van der Waals surface area contributed by atoms with Crippen LogP contribution in [0.5, 0.6) is 0 Å². The van der Waals surface area contributed by atoms with Gasteiger partial charge in [-0.15, -0.1) is 0 Å². The molecule has 5 heteroatoms. The molecule has 1 aromatic carbocycles. The fourth-order valence-corrected chi connectivity index (χ4v) is 2.86. The Morgan fingerprint density at radius 3 is 2.70 bits per heavy atom. The Kier molecular flexibility index (Phi) is 3.21. The van der Waals surface area contributed by atoms with Gasteiger partial charge in [-0.1, -0.05) is 33.2 Å². The van der Waals surface area contributed by atoms with Gasteiger partial charge in [-0.2, -0.15) is 4.98 Å². The second-order valence-corrected chi connectivity index (χ2v) is 6.98.